The van der Waals surface area contributed by atoms with Crippen LogP contribution in [0.4, 0.5) is 0 Å². The third-order valence-corrected chi connectivity index (χ3v) is 3.23. The molecule has 0 bridgehead atoms. The van der Waals surface area contributed by atoms with Crippen molar-refractivity contribution in [2.45, 2.75) is 39.0 Å². The van der Waals surface area contributed by atoms with Gasteiger partial charge in [-0.15, -0.1) is 0 Å². The second-order valence-corrected chi connectivity index (χ2v) is 4.63. The maximum atomic E-state index is 11.5. The highest BCUT2D eigenvalue weighted by Gasteiger charge is 2.12. The van der Waals surface area contributed by atoms with Crippen molar-refractivity contribution in [3.8, 4) is 0 Å². The van der Waals surface area contributed by atoms with E-state index in [9.17, 15) is 4.79 Å². The quantitative estimate of drug-likeness (QED) is 0.631. The average Bonchev–Trinajstić information content (AvgIpc) is 2.36. The standard InChI is InChI=1S/C13H26N2O2/c1-2-17-11-3-4-13(16)15-10-7-12-5-8-14-9-6-12/h12,14H,2-11H2,1H3,(H,15,16). The van der Waals surface area contributed by atoms with Gasteiger partial charge in [0.25, 0.3) is 0 Å². The van der Waals surface area contributed by atoms with E-state index in [1.165, 1.54) is 12.8 Å². The third-order valence-electron chi connectivity index (χ3n) is 3.23. The summed E-state index contributed by atoms with van der Waals surface area (Å²) in [5.74, 6) is 0.957. The highest BCUT2D eigenvalue weighted by Crippen LogP contribution is 2.14. The molecule has 0 spiro atoms. The smallest absolute Gasteiger partial charge is 0.220 e. The summed E-state index contributed by atoms with van der Waals surface area (Å²) in [6.45, 7) is 6.49. The van der Waals surface area contributed by atoms with Gasteiger partial charge in [-0.25, -0.2) is 0 Å². The lowest BCUT2D eigenvalue weighted by atomic mass is 9.95. The number of hydrogen-bond donors (Lipinski definition) is 2. The van der Waals surface area contributed by atoms with Crippen molar-refractivity contribution in [2.24, 2.45) is 5.92 Å². The molecular formula is C13H26N2O2. The van der Waals surface area contributed by atoms with Gasteiger partial charge < -0.3 is 15.4 Å². The van der Waals surface area contributed by atoms with E-state index in [-0.39, 0.29) is 5.91 Å². The van der Waals surface area contributed by atoms with Crippen molar-refractivity contribution in [1.82, 2.24) is 10.6 Å². The molecule has 100 valence electrons. The van der Waals surface area contributed by atoms with Gasteiger partial charge in [0.15, 0.2) is 0 Å². The fourth-order valence-electron chi connectivity index (χ4n) is 2.15. The Hall–Kier alpha value is -0.610. The lowest BCUT2D eigenvalue weighted by Gasteiger charge is -2.22. The number of ether oxygens (including phenoxy) is 1. The predicted octanol–water partition coefficient (Wildman–Crippen LogP) is 1.31. The van der Waals surface area contributed by atoms with Crippen LogP contribution < -0.4 is 10.6 Å². The van der Waals surface area contributed by atoms with Crippen molar-refractivity contribution >= 4 is 5.91 Å². The van der Waals surface area contributed by atoms with E-state index in [0.717, 1.165) is 45.0 Å². The first-order valence-electron chi connectivity index (χ1n) is 6.88. The van der Waals surface area contributed by atoms with Crippen molar-refractivity contribution in [3.63, 3.8) is 0 Å². The van der Waals surface area contributed by atoms with Gasteiger partial charge in [0.2, 0.25) is 5.91 Å². The molecule has 0 aromatic carbocycles. The summed E-state index contributed by atoms with van der Waals surface area (Å²) in [6.07, 6.45) is 5.04. The number of carbonyl (C=O) groups is 1. The Morgan fingerprint density at radius 3 is 2.88 bits per heavy atom. The van der Waals surface area contributed by atoms with E-state index in [2.05, 4.69) is 10.6 Å². The van der Waals surface area contributed by atoms with Crippen LogP contribution >= 0.6 is 0 Å². The topological polar surface area (TPSA) is 50.4 Å². The van der Waals surface area contributed by atoms with E-state index in [0.29, 0.717) is 13.0 Å². The largest absolute Gasteiger partial charge is 0.382 e. The second-order valence-electron chi connectivity index (χ2n) is 4.63. The fourth-order valence-corrected chi connectivity index (χ4v) is 2.15. The van der Waals surface area contributed by atoms with Gasteiger partial charge in [0, 0.05) is 26.2 Å². The summed E-state index contributed by atoms with van der Waals surface area (Å²) in [7, 11) is 0. The minimum Gasteiger partial charge on any atom is -0.382 e. The molecule has 0 aromatic heterocycles. The van der Waals surface area contributed by atoms with E-state index in [1.807, 2.05) is 6.92 Å². The maximum absolute atomic E-state index is 11.5. The molecule has 1 rings (SSSR count). The van der Waals surface area contributed by atoms with Crippen LogP contribution in [0.5, 0.6) is 0 Å². The number of carbonyl (C=O) groups excluding carboxylic acids is 1. The monoisotopic (exact) mass is 242 g/mol. The number of hydrogen-bond acceptors (Lipinski definition) is 3. The molecule has 17 heavy (non-hydrogen) atoms. The normalized spacial score (nSPS) is 17.0. The van der Waals surface area contributed by atoms with Gasteiger partial charge in [0.1, 0.15) is 0 Å². The molecule has 2 N–H and O–H groups in total. The zero-order valence-corrected chi connectivity index (χ0v) is 11.0. The SMILES string of the molecule is CCOCCCC(=O)NCCC1CCNCC1. The first kappa shape index (κ1) is 14.5. The first-order chi connectivity index (χ1) is 8.33. The molecule has 1 saturated heterocycles. The Kier molecular flexibility index (Phi) is 8.01. The van der Waals surface area contributed by atoms with Gasteiger partial charge in [-0.3, -0.25) is 4.79 Å². The molecule has 4 heteroatoms. The van der Waals surface area contributed by atoms with E-state index < -0.39 is 0 Å². The van der Waals surface area contributed by atoms with Crippen molar-refractivity contribution in [3.05, 3.63) is 0 Å². The molecule has 0 atom stereocenters. The molecule has 1 aliphatic heterocycles. The van der Waals surface area contributed by atoms with Crippen LogP contribution in [-0.2, 0) is 9.53 Å². The summed E-state index contributed by atoms with van der Waals surface area (Å²) >= 11 is 0. The number of amides is 1. The van der Waals surface area contributed by atoms with Crippen LogP contribution in [0.2, 0.25) is 0 Å². The van der Waals surface area contributed by atoms with Gasteiger partial charge in [0.05, 0.1) is 0 Å². The molecule has 0 aliphatic carbocycles. The van der Waals surface area contributed by atoms with E-state index in [1.54, 1.807) is 0 Å². The molecule has 1 amide bonds. The molecule has 1 fully saturated rings. The lowest BCUT2D eigenvalue weighted by molar-refractivity contribution is -0.121. The van der Waals surface area contributed by atoms with Gasteiger partial charge in [-0.05, 0) is 51.6 Å². The predicted molar refractivity (Wildman–Crippen MR) is 68.9 cm³/mol. The fraction of sp³-hybridized carbons (Fsp3) is 0.923. The van der Waals surface area contributed by atoms with Crippen LogP contribution in [0.25, 0.3) is 0 Å². The number of nitrogens with one attached hydrogen (secondary N) is 2. The number of rotatable bonds is 8. The number of piperidine rings is 1. The minimum absolute atomic E-state index is 0.165. The van der Waals surface area contributed by atoms with Crippen LogP contribution in [0.15, 0.2) is 0 Å². The van der Waals surface area contributed by atoms with E-state index in [4.69, 9.17) is 4.74 Å². The van der Waals surface area contributed by atoms with Crippen molar-refractivity contribution < 1.29 is 9.53 Å². The molecular weight excluding hydrogens is 216 g/mol. The Labute approximate surface area is 104 Å². The Bertz CT molecular complexity index is 204. The highest BCUT2D eigenvalue weighted by molar-refractivity contribution is 5.75. The zero-order valence-electron chi connectivity index (χ0n) is 11.0. The minimum atomic E-state index is 0.165. The molecule has 0 unspecified atom stereocenters. The molecule has 0 aromatic rings. The summed E-state index contributed by atoms with van der Waals surface area (Å²) in [5, 5.41) is 6.34. The molecule has 1 heterocycles. The van der Waals surface area contributed by atoms with Crippen molar-refractivity contribution in [2.75, 3.05) is 32.8 Å². The Morgan fingerprint density at radius 1 is 1.41 bits per heavy atom. The molecule has 1 aliphatic rings. The third kappa shape index (κ3) is 7.34. The summed E-state index contributed by atoms with van der Waals surface area (Å²) < 4.78 is 5.20. The molecule has 0 saturated carbocycles. The van der Waals surface area contributed by atoms with Gasteiger partial charge >= 0.3 is 0 Å². The van der Waals surface area contributed by atoms with Gasteiger partial charge in [-0.1, -0.05) is 0 Å². The second kappa shape index (κ2) is 9.42. The maximum Gasteiger partial charge on any atom is 0.220 e. The Balaban J connectivity index is 1.92. The van der Waals surface area contributed by atoms with Gasteiger partial charge in [-0.2, -0.15) is 0 Å². The van der Waals surface area contributed by atoms with E-state index >= 15 is 0 Å². The van der Waals surface area contributed by atoms with Crippen LogP contribution in [0.3, 0.4) is 0 Å². The summed E-state index contributed by atoms with van der Waals surface area (Å²) in [6, 6.07) is 0. The molecule has 0 radical (unpaired) electrons. The zero-order chi connectivity index (χ0) is 12.3. The molecule has 4 nitrogen and oxygen atoms in total. The Morgan fingerprint density at radius 2 is 2.18 bits per heavy atom. The first-order valence-corrected chi connectivity index (χ1v) is 6.88. The lowest BCUT2D eigenvalue weighted by Crippen LogP contribution is -2.31. The summed E-state index contributed by atoms with van der Waals surface area (Å²) in [4.78, 5) is 11.5. The summed E-state index contributed by atoms with van der Waals surface area (Å²) in [5.41, 5.74) is 0. The van der Waals surface area contributed by atoms with Crippen LogP contribution in [0.1, 0.15) is 39.0 Å². The van der Waals surface area contributed by atoms with Crippen molar-refractivity contribution in [1.29, 1.82) is 0 Å². The van der Waals surface area contributed by atoms with Crippen LogP contribution in [0, 0.1) is 5.92 Å². The van der Waals surface area contributed by atoms with Crippen LogP contribution in [-0.4, -0.2) is 38.8 Å². The highest BCUT2D eigenvalue weighted by atomic mass is 16.5. The average molecular weight is 242 g/mol.